The molecule has 1 saturated heterocycles. The lowest BCUT2D eigenvalue weighted by Crippen LogP contribution is -2.40. The van der Waals surface area contributed by atoms with E-state index < -0.39 is 0 Å². The van der Waals surface area contributed by atoms with E-state index in [4.69, 9.17) is 4.74 Å². The van der Waals surface area contributed by atoms with Crippen LogP contribution in [0, 0.1) is 6.92 Å². The fourth-order valence-corrected chi connectivity index (χ4v) is 4.97. The first-order valence-corrected chi connectivity index (χ1v) is 11.1. The molecule has 1 fully saturated rings. The zero-order valence-corrected chi connectivity index (χ0v) is 18.7. The summed E-state index contributed by atoms with van der Waals surface area (Å²) in [5.74, 6) is 0.621. The molecule has 1 aromatic heterocycles. The number of rotatable bonds is 3. The molecule has 0 aliphatic carbocycles. The molecule has 1 amide bonds. The molecule has 1 atom stereocenters. The van der Waals surface area contributed by atoms with E-state index in [1.165, 1.54) is 5.56 Å². The highest BCUT2D eigenvalue weighted by Gasteiger charge is 2.41. The van der Waals surface area contributed by atoms with Gasteiger partial charge in [0.15, 0.2) is 0 Å². The van der Waals surface area contributed by atoms with Gasteiger partial charge in [-0.3, -0.25) is 4.79 Å². The van der Waals surface area contributed by atoms with Crippen molar-refractivity contribution in [3.63, 3.8) is 0 Å². The second kappa shape index (κ2) is 7.65. The lowest BCUT2D eigenvalue weighted by Gasteiger charge is -2.29. The van der Waals surface area contributed by atoms with Gasteiger partial charge in [-0.2, -0.15) is 0 Å². The third-order valence-corrected chi connectivity index (χ3v) is 6.61. The van der Waals surface area contributed by atoms with Gasteiger partial charge in [0.1, 0.15) is 12.4 Å². The molecule has 2 aromatic carbocycles. The highest BCUT2D eigenvalue weighted by atomic mass is 16.6. The quantitative estimate of drug-likeness (QED) is 0.682. The lowest BCUT2D eigenvalue weighted by molar-refractivity contribution is 0.104. The standard InChI is InChI=1S/C25H28N4O3/c1-16-26-21-12-20-22(11-19(21)23(30)27-16)29(15-25(20,2)3)18-9-10-28(13-18)24(31)32-14-17-7-5-4-6-8-17/h4-8,11-12,18H,9-10,13-15H2,1-3H3,(H,26,27,30). The average Bonchev–Trinajstić information content (AvgIpc) is 3.35. The summed E-state index contributed by atoms with van der Waals surface area (Å²) in [6, 6.07) is 13.9. The molecule has 32 heavy (non-hydrogen) atoms. The Kier molecular flexibility index (Phi) is 4.92. The van der Waals surface area contributed by atoms with Gasteiger partial charge in [-0.1, -0.05) is 44.2 Å². The number of carbonyl (C=O) groups excluding carboxylic acids is 1. The molecule has 3 heterocycles. The van der Waals surface area contributed by atoms with Crippen LogP contribution in [0.15, 0.2) is 47.3 Å². The number of ether oxygens (including phenoxy) is 1. The third kappa shape index (κ3) is 3.61. The molecule has 1 N–H and O–H groups in total. The minimum Gasteiger partial charge on any atom is -0.445 e. The first-order chi connectivity index (χ1) is 15.3. The second-order valence-corrected chi connectivity index (χ2v) is 9.48. The summed E-state index contributed by atoms with van der Waals surface area (Å²) >= 11 is 0. The summed E-state index contributed by atoms with van der Waals surface area (Å²) in [6.07, 6.45) is 0.598. The first kappa shape index (κ1) is 20.5. The number of hydrogen-bond acceptors (Lipinski definition) is 5. The van der Waals surface area contributed by atoms with Gasteiger partial charge in [0, 0.05) is 36.8 Å². The maximum Gasteiger partial charge on any atom is 0.410 e. The van der Waals surface area contributed by atoms with Crippen molar-refractivity contribution in [3.8, 4) is 0 Å². The largest absolute Gasteiger partial charge is 0.445 e. The Bertz CT molecular complexity index is 1240. The van der Waals surface area contributed by atoms with Gasteiger partial charge in [0.05, 0.1) is 10.9 Å². The van der Waals surface area contributed by atoms with Crippen molar-refractivity contribution in [1.29, 1.82) is 0 Å². The summed E-state index contributed by atoms with van der Waals surface area (Å²) in [6.45, 7) is 8.64. The molecule has 7 nitrogen and oxygen atoms in total. The molecular weight excluding hydrogens is 404 g/mol. The molecular formula is C25H28N4O3. The summed E-state index contributed by atoms with van der Waals surface area (Å²) in [5.41, 5.74) is 3.81. The van der Waals surface area contributed by atoms with E-state index in [2.05, 4.69) is 34.8 Å². The SMILES string of the molecule is Cc1nc2cc3c(cc2c(=O)[nH]1)N(C1CCN(C(=O)OCc2ccccc2)C1)CC3(C)C. The number of H-pyrrole nitrogens is 1. The molecule has 166 valence electrons. The summed E-state index contributed by atoms with van der Waals surface area (Å²) < 4.78 is 5.53. The Labute approximate surface area is 187 Å². The fraction of sp³-hybridized carbons (Fsp3) is 0.400. The number of aromatic amines is 1. The first-order valence-electron chi connectivity index (χ1n) is 11.1. The van der Waals surface area contributed by atoms with Gasteiger partial charge in [-0.15, -0.1) is 0 Å². The van der Waals surface area contributed by atoms with Crippen molar-refractivity contribution in [2.45, 2.75) is 45.3 Å². The zero-order valence-electron chi connectivity index (χ0n) is 18.7. The number of aryl methyl sites for hydroxylation is 1. The van der Waals surface area contributed by atoms with Crippen molar-refractivity contribution >= 4 is 22.7 Å². The van der Waals surface area contributed by atoms with Gasteiger partial charge in [0.25, 0.3) is 5.56 Å². The Morgan fingerprint density at radius 2 is 2.03 bits per heavy atom. The molecule has 2 aliphatic rings. The topological polar surface area (TPSA) is 78.5 Å². The van der Waals surface area contributed by atoms with E-state index in [0.717, 1.165) is 29.7 Å². The Hall–Kier alpha value is -3.35. The number of carbonyl (C=O) groups is 1. The number of hydrogen-bond donors (Lipinski definition) is 1. The maximum absolute atomic E-state index is 12.6. The van der Waals surface area contributed by atoms with Gasteiger partial charge in [0.2, 0.25) is 0 Å². The van der Waals surface area contributed by atoms with E-state index in [1.807, 2.05) is 36.4 Å². The highest BCUT2D eigenvalue weighted by molar-refractivity contribution is 5.86. The molecule has 2 aliphatic heterocycles. The smallest absolute Gasteiger partial charge is 0.410 e. The van der Waals surface area contributed by atoms with E-state index in [0.29, 0.717) is 24.3 Å². The molecule has 0 saturated carbocycles. The van der Waals surface area contributed by atoms with Gasteiger partial charge < -0.3 is 19.5 Å². The summed E-state index contributed by atoms with van der Waals surface area (Å²) in [4.78, 5) is 36.7. The molecule has 1 unspecified atom stereocenters. The van der Waals surface area contributed by atoms with Crippen molar-refractivity contribution in [2.75, 3.05) is 24.5 Å². The predicted molar refractivity (Wildman–Crippen MR) is 124 cm³/mol. The minimum atomic E-state index is -0.273. The van der Waals surface area contributed by atoms with Crippen LogP contribution in [0.5, 0.6) is 0 Å². The zero-order chi connectivity index (χ0) is 22.5. The molecule has 0 spiro atoms. The van der Waals surface area contributed by atoms with Crippen LogP contribution in [-0.4, -0.2) is 46.6 Å². The van der Waals surface area contributed by atoms with Crippen molar-refractivity contribution < 1.29 is 9.53 Å². The van der Waals surface area contributed by atoms with Gasteiger partial charge in [-0.05, 0) is 36.6 Å². The second-order valence-electron chi connectivity index (χ2n) is 9.48. The van der Waals surface area contributed by atoms with Crippen LogP contribution in [0.1, 0.15) is 37.2 Å². The van der Waals surface area contributed by atoms with Crippen LogP contribution in [-0.2, 0) is 16.8 Å². The number of amides is 1. The third-order valence-electron chi connectivity index (χ3n) is 6.61. The molecule has 7 heteroatoms. The van der Waals surface area contributed by atoms with Crippen LogP contribution in [0.4, 0.5) is 10.5 Å². The van der Waals surface area contributed by atoms with Gasteiger partial charge in [-0.25, -0.2) is 9.78 Å². The highest BCUT2D eigenvalue weighted by Crippen LogP contribution is 2.44. The number of fused-ring (bicyclic) bond motifs is 2. The maximum atomic E-state index is 12.6. The van der Waals surface area contributed by atoms with E-state index >= 15 is 0 Å². The minimum absolute atomic E-state index is 0.0665. The van der Waals surface area contributed by atoms with Crippen LogP contribution in [0.3, 0.4) is 0 Å². The van der Waals surface area contributed by atoms with Crippen LogP contribution >= 0.6 is 0 Å². The number of likely N-dealkylation sites (tertiary alicyclic amines) is 1. The number of anilines is 1. The number of benzene rings is 2. The fourth-order valence-electron chi connectivity index (χ4n) is 4.97. The van der Waals surface area contributed by atoms with E-state index in [-0.39, 0.29) is 29.7 Å². The normalized spacial score (nSPS) is 19.4. The van der Waals surface area contributed by atoms with Crippen LogP contribution in [0.2, 0.25) is 0 Å². The predicted octanol–water partition coefficient (Wildman–Crippen LogP) is 3.74. The molecule has 5 rings (SSSR count). The van der Waals surface area contributed by atoms with Crippen molar-refractivity contribution in [3.05, 3.63) is 69.8 Å². The van der Waals surface area contributed by atoms with E-state index in [9.17, 15) is 9.59 Å². The Morgan fingerprint density at radius 3 is 2.81 bits per heavy atom. The van der Waals surface area contributed by atoms with Crippen molar-refractivity contribution in [1.82, 2.24) is 14.9 Å². The van der Waals surface area contributed by atoms with Crippen LogP contribution in [0.25, 0.3) is 10.9 Å². The van der Waals surface area contributed by atoms with Crippen LogP contribution < -0.4 is 10.5 Å². The number of nitrogens with one attached hydrogen (secondary N) is 1. The lowest BCUT2D eigenvalue weighted by atomic mass is 9.86. The molecule has 0 radical (unpaired) electrons. The van der Waals surface area contributed by atoms with Crippen molar-refractivity contribution in [2.24, 2.45) is 0 Å². The average molecular weight is 433 g/mol. The summed E-state index contributed by atoms with van der Waals surface area (Å²) in [5, 5.41) is 0.606. The van der Waals surface area contributed by atoms with E-state index in [1.54, 1.807) is 11.8 Å². The van der Waals surface area contributed by atoms with Gasteiger partial charge >= 0.3 is 6.09 Å². The molecule has 0 bridgehead atoms. The monoisotopic (exact) mass is 432 g/mol. The molecule has 3 aromatic rings. The Balaban J connectivity index is 1.36. The number of nitrogens with zero attached hydrogens (tertiary/aromatic N) is 3. The summed E-state index contributed by atoms with van der Waals surface area (Å²) in [7, 11) is 0. The Morgan fingerprint density at radius 1 is 1.25 bits per heavy atom. The number of aromatic nitrogens is 2.